The van der Waals surface area contributed by atoms with Crippen molar-refractivity contribution < 1.29 is 18.6 Å². The number of allylic oxidation sites excluding steroid dienone is 1. The average Bonchev–Trinajstić information content (AvgIpc) is 3.23. The maximum absolute atomic E-state index is 12.8. The molecule has 4 rings (SSSR count). The van der Waals surface area contributed by atoms with Crippen molar-refractivity contribution in [3.05, 3.63) is 87.7 Å². The van der Waals surface area contributed by atoms with Gasteiger partial charge in [-0.2, -0.15) is 4.58 Å². The summed E-state index contributed by atoms with van der Waals surface area (Å²) in [6.45, 7) is 0.311. The van der Waals surface area contributed by atoms with Gasteiger partial charge in [0.2, 0.25) is 5.71 Å². The Balaban J connectivity index is 1.55. The number of halogens is 1. The van der Waals surface area contributed by atoms with E-state index in [1.54, 1.807) is 48.2 Å². The molecule has 5 nitrogen and oxygen atoms in total. The van der Waals surface area contributed by atoms with Crippen LogP contribution in [0.25, 0.3) is 6.08 Å². The third kappa shape index (κ3) is 4.28. The van der Waals surface area contributed by atoms with Crippen LogP contribution in [0.4, 0.5) is 0 Å². The van der Waals surface area contributed by atoms with Gasteiger partial charge < -0.3 is 9.73 Å². The van der Waals surface area contributed by atoms with Crippen molar-refractivity contribution in [3.8, 4) is 0 Å². The molecule has 1 unspecified atom stereocenters. The molecule has 1 N–H and O–H groups in total. The molecule has 29 heavy (non-hydrogen) atoms. The minimum absolute atomic E-state index is 0.0373. The molecule has 1 aliphatic heterocycles. The summed E-state index contributed by atoms with van der Waals surface area (Å²) in [6.07, 6.45) is 8.91. The highest BCUT2D eigenvalue weighted by atomic mass is 35.5. The molecular weight excluding hydrogens is 408 g/mol. The van der Waals surface area contributed by atoms with Crippen molar-refractivity contribution in [1.82, 2.24) is 5.32 Å². The first-order valence-electron chi connectivity index (χ1n) is 9.00. The average molecular weight is 426 g/mol. The van der Waals surface area contributed by atoms with Crippen molar-refractivity contribution in [3.63, 3.8) is 0 Å². The van der Waals surface area contributed by atoms with Crippen molar-refractivity contribution in [2.45, 2.75) is 11.8 Å². The number of hydrogen-bond acceptors (Lipinski definition) is 4. The van der Waals surface area contributed by atoms with Crippen LogP contribution in [0.5, 0.6) is 0 Å². The Bertz CT molecular complexity index is 1100. The number of hydrogen-bond donors (Lipinski definition) is 1. The quantitative estimate of drug-likeness (QED) is 0.597. The van der Waals surface area contributed by atoms with Gasteiger partial charge >= 0.3 is 5.91 Å². The normalized spacial score (nSPS) is 19.9. The zero-order valence-corrected chi connectivity index (χ0v) is 17.2. The summed E-state index contributed by atoms with van der Waals surface area (Å²) in [4.78, 5) is 25.9. The molecule has 7 heteroatoms. The number of nitrogens with zero attached hydrogens (tertiary/aromatic N) is 1. The Labute approximate surface area is 177 Å². The van der Waals surface area contributed by atoms with Gasteiger partial charge in [0.1, 0.15) is 23.0 Å². The number of furan rings is 1. The summed E-state index contributed by atoms with van der Waals surface area (Å²) in [5.41, 5.74) is 2.16. The molecule has 2 aromatic rings. The predicted octanol–water partition coefficient (Wildman–Crippen LogP) is 3.81. The second-order valence-electron chi connectivity index (χ2n) is 6.61. The maximum atomic E-state index is 12.8. The van der Waals surface area contributed by atoms with E-state index in [9.17, 15) is 9.59 Å². The molecule has 2 heterocycles. The largest absolute Gasteiger partial charge is 0.467 e. The van der Waals surface area contributed by atoms with Crippen molar-refractivity contribution in [2.75, 3.05) is 7.05 Å². The fourth-order valence-electron chi connectivity index (χ4n) is 3.10. The summed E-state index contributed by atoms with van der Waals surface area (Å²) in [6, 6.07) is 10.9. The first kappa shape index (κ1) is 19.5. The molecule has 2 aliphatic rings. The Morgan fingerprint density at radius 2 is 2.21 bits per heavy atom. The SMILES string of the molecule is C[N+]1=C2C=C(C(=O)NCc3ccco3)C=CC2S/C(=C\c2cccc(Cl)c2)C1=O. The van der Waals surface area contributed by atoms with E-state index in [0.29, 0.717) is 27.8 Å². The summed E-state index contributed by atoms with van der Waals surface area (Å²) < 4.78 is 6.83. The van der Waals surface area contributed by atoms with E-state index in [0.717, 1.165) is 11.3 Å². The lowest BCUT2D eigenvalue weighted by Gasteiger charge is -2.21. The van der Waals surface area contributed by atoms with Gasteiger partial charge in [-0.1, -0.05) is 47.6 Å². The Hall–Kier alpha value is -2.83. The molecule has 1 aromatic heterocycles. The van der Waals surface area contributed by atoms with Gasteiger partial charge in [-0.3, -0.25) is 4.79 Å². The molecule has 1 aliphatic carbocycles. The van der Waals surface area contributed by atoms with Crippen molar-refractivity contribution >= 4 is 47.0 Å². The lowest BCUT2D eigenvalue weighted by molar-refractivity contribution is -0.413. The van der Waals surface area contributed by atoms with Gasteiger partial charge in [0, 0.05) is 16.7 Å². The van der Waals surface area contributed by atoms with Crippen LogP contribution in [0.1, 0.15) is 11.3 Å². The minimum Gasteiger partial charge on any atom is -0.467 e. The van der Waals surface area contributed by atoms with E-state index in [-0.39, 0.29) is 17.1 Å². The van der Waals surface area contributed by atoms with Gasteiger partial charge in [0.25, 0.3) is 5.91 Å². The van der Waals surface area contributed by atoms with Gasteiger partial charge in [0.15, 0.2) is 0 Å². The number of likely N-dealkylation sites (N-methyl/N-ethyl adjacent to an activating group) is 1. The second kappa shape index (κ2) is 8.27. The molecule has 1 atom stereocenters. The summed E-state index contributed by atoms with van der Waals surface area (Å²) >= 11 is 7.51. The molecule has 0 saturated carbocycles. The predicted molar refractivity (Wildman–Crippen MR) is 115 cm³/mol. The monoisotopic (exact) mass is 425 g/mol. The second-order valence-corrected chi connectivity index (χ2v) is 8.23. The van der Waals surface area contributed by atoms with Gasteiger partial charge in [0.05, 0.1) is 12.8 Å². The first-order chi connectivity index (χ1) is 14.0. The summed E-state index contributed by atoms with van der Waals surface area (Å²) in [5, 5.41) is 3.41. The number of rotatable bonds is 4. The summed E-state index contributed by atoms with van der Waals surface area (Å²) in [7, 11) is 1.73. The van der Waals surface area contributed by atoms with Crippen LogP contribution >= 0.6 is 23.4 Å². The molecule has 0 bridgehead atoms. The minimum atomic E-state index is -0.213. The van der Waals surface area contributed by atoms with E-state index < -0.39 is 0 Å². The van der Waals surface area contributed by atoms with E-state index >= 15 is 0 Å². The third-order valence-electron chi connectivity index (χ3n) is 4.61. The molecule has 0 fully saturated rings. The van der Waals surface area contributed by atoms with Crippen LogP contribution < -0.4 is 5.32 Å². The van der Waals surface area contributed by atoms with Crippen LogP contribution in [0, 0.1) is 0 Å². The molecular formula is C22H18ClN2O3S+. The van der Waals surface area contributed by atoms with Crippen LogP contribution in [0.15, 0.2) is 75.8 Å². The van der Waals surface area contributed by atoms with Gasteiger partial charge in [-0.15, -0.1) is 0 Å². The number of carbonyl (C=O) groups excluding carboxylic acids is 2. The van der Waals surface area contributed by atoms with Crippen molar-refractivity contribution in [1.29, 1.82) is 0 Å². The zero-order valence-electron chi connectivity index (χ0n) is 15.6. The van der Waals surface area contributed by atoms with Crippen LogP contribution in [-0.2, 0) is 16.1 Å². The molecule has 0 spiro atoms. The van der Waals surface area contributed by atoms with Gasteiger partial charge in [-0.05, 0) is 35.9 Å². The number of thioether (sulfide) groups is 1. The molecule has 0 radical (unpaired) electrons. The standard InChI is InChI=1S/C22H17ClN2O3S/c1-25-18-12-15(21(26)24-13-17-6-3-9-28-17)7-8-19(18)29-20(22(25)27)11-14-4-2-5-16(23)10-14/h2-12,19H,13H2,1H3/p+1/b20-11-. The number of fused-ring (bicyclic) bond motifs is 1. The highest BCUT2D eigenvalue weighted by molar-refractivity contribution is 8.05. The van der Waals surface area contributed by atoms with E-state index in [2.05, 4.69) is 5.32 Å². The smallest absolute Gasteiger partial charge is 0.425 e. The lowest BCUT2D eigenvalue weighted by Crippen LogP contribution is -2.37. The Morgan fingerprint density at radius 3 is 2.97 bits per heavy atom. The molecule has 2 amide bonds. The highest BCUT2D eigenvalue weighted by Gasteiger charge is 2.37. The third-order valence-corrected chi connectivity index (χ3v) is 6.05. The van der Waals surface area contributed by atoms with Crippen LogP contribution in [-0.4, -0.2) is 34.4 Å². The van der Waals surface area contributed by atoms with Crippen molar-refractivity contribution in [2.24, 2.45) is 0 Å². The molecule has 1 aromatic carbocycles. The molecule has 0 saturated heterocycles. The highest BCUT2D eigenvalue weighted by Crippen LogP contribution is 2.33. The lowest BCUT2D eigenvalue weighted by atomic mass is 10.0. The van der Waals surface area contributed by atoms with E-state index in [1.807, 2.05) is 30.4 Å². The Morgan fingerprint density at radius 1 is 1.34 bits per heavy atom. The van der Waals surface area contributed by atoms with Gasteiger partial charge in [-0.25, -0.2) is 4.79 Å². The fourth-order valence-corrected chi connectivity index (χ4v) is 4.52. The summed E-state index contributed by atoms with van der Waals surface area (Å²) in [5.74, 6) is 0.360. The van der Waals surface area contributed by atoms with Crippen LogP contribution in [0.2, 0.25) is 5.02 Å². The Kier molecular flexibility index (Phi) is 5.56. The number of benzene rings is 1. The topological polar surface area (TPSA) is 62.3 Å². The maximum Gasteiger partial charge on any atom is 0.425 e. The molecule has 146 valence electrons. The zero-order chi connectivity index (χ0) is 20.4. The fraction of sp³-hybridized carbons (Fsp3) is 0.136. The van der Waals surface area contributed by atoms with E-state index in [1.165, 1.54) is 11.8 Å². The van der Waals surface area contributed by atoms with Crippen LogP contribution in [0.3, 0.4) is 0 Å². The number of amides is 2. The van der Waals surface area contributed by atoms with E-state index in [4.69, 9.17) is 16.0 Å². The first-order valence-corrected chi connectivity index (χ1v) is 10.3. The number of nitrogens with one attached hydrogen (secondary N) is 1. The number of carbonyl (C=O) groups is 2.